The van der Waals surface area contributed by atoms with Gasteiger partial charge in [-0.1, -0.05) is 11.6 Å². The molecule has 1 fully saturated rings. The molecule has 0 spiro atoms. The molecular formula is C18H21ClN8. The van der Waals surface area contributed by atoms with Gasteiger partial charge in [0.1, 0.15) is 10.9 Å². The van der Waals surface area contributed by atoms with Gasteiger partial charge in [-0.15, -0.1) is 5.10 Å². The summed E-state index contributed by atoms with van der Waals surface area (Å²) in [5.74, 6) is 1.66. The highest BCUT2D eigenvalue weighted by atomic mass is 35.5. The van der Waals surface area contributed by atoms with Gasteiger partial charge in [0.05, 0.1) is 5.69 Å². The zero-order valence-corrected chi connectivity index (χ0v) is 16.4. The minimum Gasteiger partial charge on any atom is -0.394 e. The van der Waals surface area contributed by atoms with Gasteiger partial charge in [0.25, 0.3) is 5.78 Å². The van der Waals surface area contributed by atoms with Crippen LogP contribution in [0.1, 0.15) is 29.4 Å². The summed E-state index contributed by atoms with van der Waals surface area (Å²) in [6.45, 7) is 3.93. The third kappa shape index (κ3) is 3.10. The standard InChI is InChI=1S/C18H21ClN8/c1-9-5-10(2)27-18(22-9)23-17(25-27)15-7-14(24-26(15)4)12-6-11(12)13(8-21-3)16(19)20/h5,7-8,11-12,20-21H,6H2,1-4H3/b13-8-,20-16?. The molecule has 140 valence electrons. The Morgan fingerprint density at radius 2 is 2.07 bits per heavy atom. The summed E-state index contributed by atoms with van der Waals surface area (Å²) in [5.41, 5.74) is 4.54. The molecule has 0 amide bonds. The molecule has 9 heteroatoms. The fourth-order valence-electron chi connectivity index (χ4n) is 3.51. The Balaban J connectivity index is 1.66. The highest BCUT2D eigenvalue weighted by Gasteiger charge is 2.44. The molecule has 4 rings (SSSR count). The van der Waals surface area contributed by atoms with E-state index in [4.69, 9.17) is 17.0 Å². The second kappa shape index (κ2) is 6.45. The van der Waals surface area contributed by atoms with Crippen LogP contribution >= 0.6 is 11.6 Å². The maximum atomic E-state index is 7.76. The molecule has 1 aliphatic carbocycles. The number of allylic oxidation sites excluding steroid dienone is 1. The molecule has 3 heterocycles. The van der Waals surface area contributed by atoms with Crippen LogP contribution in [0.3, 0.4) is 0 Å². The molecule has 3 aromatic rings. The van der Waals surface area contributed by atoms with Gasteiger partial charge < -0.3 is 5.32 Å². The van der Waals surface area contributed by atoms with E-state index in [2.05, 4.69) is 25.5 Å². The van der Waals surface area contributed by atoms with Crippen LogP contribution in [-0.4, -0.2) is 41.6 Å². The quantitative estimate of drug-likeness (QED) is 0.659. The molecule has 0 aliphatic heterocycles. The SMILES string of the molecule is CN/C=C(\C(=N)Cl)C1CC1c1cc(-c2nc3nc(C)cc(C)n3n2)n(C)n1. The Labute approximate surface area is 161 Å². The van der Waals surface area contributed by atoms with E-state index in [0.29, 0.717) is 11.6 Å². The van der Waals surface area contributed by atoms with Gasteiger partial charge in [-0.2, -0.15) is 10.1 Å². The Kier molecular flexibility index (Phi) is 4.22. The average Bonchev–Trinajstić information content (AvgIpc) is 3.10. The van der Waals surface area contributed by atoms with Gasteiger partial charge in [0, 0.05) is 43.2 Å². The average molecular weight is 385 g/mol. The summed E-state index contributed by atoms with van der Waals surface area (Å²) in [7, 11) is 3.70. The van der Waals surface area contributed by atoms with Crippen LogP contribution in [0.15, 0.2) is 23.9 Å². The van der Waals surface area contributed by atoms with Crippen LogP contribution in [0, 0.1) is 25.2 Å². The van der Waals surface area contributed by atoms with E-state index in [-0.39, 0.29) is 17.0 Å². The number of rotatable bonds is 5. The normalized spacial score (nSPS) is 19.5. The number of nitrogens with one attached hydrogen (secondary N) is 2. The molecule has 1 saturated carbocycles. The third-order valence-electron chi connectivity index (χ3n) is 4.87. The molecule has 2 unspecified atom stereocenters. The van der Waals surface area contributed by atoms with E-state index in [0.717, 1.165) is 34.8 Å². The molecule has 0 aromatic carbocycles. The van der Waals surface area contributed by atoms with Crippen LogP contribution in [0.5, 0.6) is 0 Å². The molecule has 0 radical (unpaired) electrons. The largest absolute Gasteiger partial charge is 0.394 e. The lowest BCUT2D eigenvalue weighted by Gasteiger charge is -2.02. The van der Waals surface area contributed by atoms with Gasteiger partial charge in [0.2, 0.25) is 5.82 Å². The van der Waals surface area contributed by atoms with Crippen molar-refractivity contribution < 1.29 is 0 Å². The molecule has 3 aromatic heterocycles. The summed E-state index contributed by atoms with van der Waals surface area (Å²) >= 11 is 5.94. The van der Waals surface area contributed by atoms with E-state index in [1.165, 1.54) is 0 Å². The lowest BCUT2D eigenvalue weighted by molar-refractivity contribution is 0.739. The molecule has 27 heavy (non-hydrogen) atoms. The number of nitrogens with zero attached hydrogens (tertiary/aromatic N) is 6. The lowest BCUT2D eigenvalue weighted by Crippen LogP contribution is -2.04. The first-order chi connectivity index (χ1) is 12.9. The molecular weight excluding hydrogens is 364 g/mol. The van der Waals surface area contributed by atoms with Crippen LogP contribution in [-0.2, 0) is 7.05 Å². The smallest absolute Gasteiger partial charge is 0.253 e. The third-order valence-corrected chi connectivity index (χ3v) is 5.09. The first-order valence-electron chi connectivity index (χ1n) is 8.76. The highest BCUT2D eigenvalue weighted by molar-refractivity contribution is 6.68. The predicted octanol–water partition coefficient (Wildman–Crippen LogP) is 2.56. The van der Waals surface area contributed by atoms with Crippen molar-refractivity contribution in [3.05, 3.63) is 41.0 Å². The number of halogens is 1. The number of hydrogen-bond acceptors (Lipinski definition) is 6. The Morgan fingerprint density at radius 3 is 2.78 bits per heavy atom. The van der Waals surface area contributed by atoms with Crippen molar-refractivity contribution in [2.45, 2.75) is 26.2 Å². The van der Waals surface area contributed by atoms with Crippen molar-refractivity contribution in [2.24, 2.45) is 13.0 Å². The van der Waals surface area contributed by atoms with E-state index in [1.54, 1.807) is 15.4 Å². The van der Waals surface area contributed by atoms with E-state index >= 15 is 0 Å². The monoisotopic (exact) mass is 384 g/mol. The summed E-state index contributed by atoms with van der Waals surface area (Å²) in [4.78, 5) is 9.02. The predicted molar refractivity (Wildman–Crippen MR) is 104 cm³/mol. The van der Waals surface area contributed by atoms with E-state index < -0.39 is 0 Å². The van der Waals surface area contributed by atoms with Gasteiger partial charge in [-0.25, -0.2) is 9.50 Å². The second-order valence-electron chi connectivity index (χ2n) is 6.92. The summed E-state index contributed by atoms with van der Waals surface area (Å²) < 4.78 is 3.55. The van der Waals surface area contributed by atoms with Crippen LogP contribution < -0.4 is 5.32 Å². The van der Waals surface area contributed by atoms with Crippen molar-refractivity contribution in [2.75, 3.05) is 7.05 Å². The summed E-state index contributed by atoms with van der Waals surface area (Å²) in [6.07, 6.45) is 2.72. The number of hydrogen-bond donors (Lipinski definition) is 2. The van der Waals surface area contributed by atoms with Crippen molar-refractivity contribution in [1.82, 2.24) is 34.7 Å². The molecule has 2 atom stereocenters. The van der Waals surface area contributed by atoms with Crippen LogP contribution in [0.25, 0.3) is 17.3 Å². The van der Waals surface area contributed by atoms with Gasteiger partial charge in [-0.05, 0) is 38.3 Å². The minimum absolute atomic E-state index is 0.0759. The fraction of sp³-hybridized carbons (Fsp3) is 0.389. The maximum Gasteiger partial charge on any atom is 0.253 e. The number of aryl methyl sites for hydroxylation is 3. The topological polar surface area (TPSA) is 96.8 Å². The van der Waals surface area contributed by atoms with Gasteiger partial charge >= 0.3 is 0 Å². The molecule has 0 saturated heterocycles. The second-order valence-corrected chi connectivity index (χ2v) is 7.29. The van der Waals surface area contributed by atoms with Crippen molar-refractivity contribution in [3.8, 4) is 11.5 Å². The van der Waals surface area contributed by atoms with Crippen molar-refractivity contribution in [3.63, 3.8) is 0 Å². The van der Waals surface area contributed by atoms with Crippen LogP contribution in [0.4, 0.5) is 0 Å². The molecule has 1 aliphatic rings. The molecule has 0 bridgehead atoms. The number of fused-ring (bicyclic) bond motifs is 1. The maximum absolute atomic E-state index is 7.76. The summed E-state index contributed by atoms with van der Waals surface area (Å²) in [5, 5.41) is 20.1. The first-order valence-corrected chi connectivity index (χ1v) is 9.14. The number of aromatic nitrogens is 6. The fourth-order valence-corrected chi connectivity index (χ4v) is 3.70. The zero-order valence-electron chi connectivity index (χ0n) is 15.7. The van der Waals surface area contributed by atoms with E-state index in [9.17, 15) is 0 Å². The Hall–Kier alpha value is -2.74. The van der Waals surface area contributed by atoms with Crippen molar-refractivity contribution in [1.29, 1.82) is 5.41 Å². The molecule has 8 nitrogen and oxygen atoms in total. The Morgan fingerprint density at radius 1 is 1.30 bits per heavy atom. The van der Waals surface area contributed by atoms with Gasteiger partial charge in [0.15, 0.2) is 0 Å². The Bertz CT molecular complexity index is 1080. The molecule has 2 N–H and O–H groups in total. The van der Waals surface area contributed by atoms with Crippen LogP contribution in [0.2, 0.25) is 0 Å². The van der Waals surface area contributed by atoms with E-state index in [1.807, 2.05) is 40.1 Å². The highest BCUT2D eigenvalue weighted by Crippen LogP contribution is 2.52. The minimum atomic E-state index is 0.0759. The first kappa shape index (κ1) is 17.7. The van der Waals surface area contributed by atoms with Crippen molar-refractivity contribution >= 4 is 22.5 Å². The van der Waals surface area contributed by atoms with Gasteiger partial charge in [-0.3, -0.25) is 10.1 Å². The zero-order chi connectivity index (χ0) is 19.3. The lowest BCUT2D eigenvalue weighted by atomic mass is 10.1. The summed E-state index contributed by atoms with van der Waals surface area (Å²) in [6, 6.07) is 4.00.